The smallest absolute Gasteiger partial charge is 0.110 e. The van der Waals surface area contributed by atoms with Gasteiger partial charge in [0.25, 0.3) is 0 Å². The summed E-state index contributed by atoms with van der Waals surface area (Å²) in [6, 6.07) is 14.7. The summed E-state index contributed by atoms with van der Waals surface area (Å²) in [4.78, 5) is 0. The van der Waals surface area contributed by atoms with E-state index in [2.05, 4.69) is 24.3 Å². The van der Waals surface area contributed by atoms with Crippen LogP contribution in [0.5, 0.6) is 0 Å². The number of aliphatic hydroxyl groups excluding tert-OH is 3. The van der Waals surface area contributed by atoms with Crippen LogP contribution in [-0.4, -0.2) is 40.2 Å². The van der Waals surface area contributed by atoms with Crippen molar-refractivity contribution >= 4 is 11.6 Å². The summed E-state index contributed by atoms with van der Waals surface area (Å²) in [6.45, 7) is -0.330. The maximum atomic E-state index is 10.2. The van der Waals surface area contributed by atoms with Gasteiger partial charge in [-0.1, -0.05) is 54.4 Å². The normalized spacial score (nSPS) is 30.1. The Balaban J connectivity index is 1.27. The zero-order valence-electron chi connectivity index (χ0n) is 17.7. The average Bonchev–Trinajstić information content (AvgIpc) is 2.70. The second-order valence-electron chi connectivity index (χ2n) is 9.87. The van der Waals surface area contributed by atoms with Crippen molar-refractivity contribution in [1.82, 2.24) is 0 Å². The highest BCUT2D eigenvalue weighted by atomic mass is 35.5. The van der Waals surface area contributed by atoms with Crippen LogP contribution in [0.2, 0.25) is 5.02 Å². The quantitative estimate of drug-likeness (QED) is 0.636. The molecule has 2 aliphatic carbocycles. The summed E-state index contributed by atoms with van der Waals surface area (Å²) in [6.07, 6.45) is 4.84. The zero-order chi connectivity index (χ0) is 21.6. The van der Waals surface area contributed by atoms with E-state index in [0.717, 1.165) is 23.5 Å². The molecule has 3 N–H and O–H groups in total. The van der Waals surface area contributed by atoms with Gasteiger partial charge in [0.05, 0.1) is 18.8 Å². The summed E-state index contributed by atoms with van der Waals surface area (Å²) < 4.78 is 5.84. The Hall–Kier alpha value is -1.43. The van der Waals surface area contributed by atoms with Crippen molar-refractivity contribution in [2.75, 3.05) is 6.61 Å². The Morgan fingerprint density at radius 1 is 1.00 bits per heavy atom. The number of aliphatic hydroxyl groups is 3. The van der Waals surface area contributed by atoms with Crippen molar-refractivity contribution < 1.29 is 20.1 Å². The summed E-state index contributed by atoms with van der Waals surface area (Å²) >= 11 is 6.49. The topological polar surface area (TPSA) is 69.9 Å². The molecule has 2 aromatic carbocycles. The van der Waals surface area contributed by atoms with Gasteiger partial charge in [-0.15, -0.1) is 0 Å². The van der Waals surface area contributed by atoms with E-state index in [0.29, 0.717) is 10.4 Å². The lowest BCUT2D eigenvalue weighted by atomic mass is 9.51. The third-order valence-corrected chi connectivity index (χ3v) is 8.18. The van der Waals surface area contributed by atoms with Crippen molar-refractivity contribution in [3.8, 4) is 0 Å². The Bertz CT molecular complexity index is 916. The van der Waals surface area contributed by atoms with Gasteiger partial charge in [-0.3, -0.25) is 0 Å². The fourth-order valence-electron chi connectivity index (χ4n) is 5.68. The summed E-state index contributed by atoms with van der Waals surface area (Å²) in [5.74, 6) is 0.728. The van der Waals surface area contributed by atoms with Crippen LogP contribution in [0, 0.1) is 5.41 Å². The molecule has 31 heavy (non-hydrogen) atoms. The van der Waals surface area contributed by atoms with Crippen LogP contribution < -0.4 is 0 Å². The minimum absolute atomic E-state index is 0.288. The SMILES string of the molecule is OCC1O[C@H](c2ccc(Cl)c(Cc3ccc(C4CC5(CCC5)C4)cc3)c2)CC(O)[C@@H]1O. The molecule has 1 saturated heterocycles. The fourth-order valence-corrected chi connectivity index (χ4v) is 5.87. The third-order valence-electron chi connectivity index (χ3n) is 7.81. The summed E-state index contributed by atoms with van der Waals surface area (Å²) in [5.41, 5.74) is 5.28. The van der Waals surface area contributed by atoms with E-state index in [1.807, 2.05) is 18.2 Å². The van der Waals surface area contributed by atoms with Gasteiger partial charge in [0.15, 0.2) is 0 Å². The van der Waals surface area contributed by atoms with Gasteiger partial charge >= 0.3 is 0 Å². The van der Waals surface area contributed by atoms with E-state index in [1.165, 1.54) is 43.2 Å². The molecule has 3 aliphatic rings. The van der Waals surface area contributed by atoms with Gasteiger partial charge in [-0.05, 0) is 71.8 Å². The maximum absolute atomic E-state index is 10.2. The first-order chi connectivity index (χ1) is 15.0. The lowest BCUT2D eigenvalue weighted by Gasteiger charge is -2.54. The molecule has 2 saturated carbocycles. The number of ether oxygens (including phenoxy) is 1. The number of hydrogen-bond donors (Lipinski definition) is 3. The summed E-state index contributed by atoms with van der Waals surface area (Å²) in [7, 11) is 0. The Labute approximate surface area is 188 Å². The van der Waals surface area contributed by atoms with Crippen LogP contribution in [0.15, 0.2) is 42.5 Å². The van der Waals surface area contributed by atoms with E-state index < -0.39 is 18.3 Å². The first-order valence-corrected chi connectivity index (χ1v) is 11.8. The van der Waals surface area contributed by atoms with Gasteiger partial charge < -0.3 is 20.1 Å². The molecule has 2 aromatic rings. The molecule has 4 atom stereocenters. The van der Waals surface area contributed by atoms with Crippen LogP contribution in [0.3, 0.4) is 0 Å². The average molecular weight is 443 g/mol. The minimum atomic E-state index is -1.07. The molecule has 3 fully saturated rings. The lowest BCUT2D eigenvalue weighted by molar-refractivity contribution is -0.181. The Kier molecular flexibility index (Phi) is 5.87. The molecule has 0 amide bonds. The number of halogens is 1. The molecule has 0 aromatic heterocycles. The number of benzene rings is 2. The van der Waals surface area contributed by atoms with Crippen molar-refractivity contribution in [1.29, 1.82) is 0 Å². The van der Waals surface area contributed by atoms with Crippen LogP contribution in [0.1, 0.15) is 72.8 Å². The lowest BCUT2D eigenvalue weighted by Crippen LogP contribution is -2.47. The van der Waals surface area contributed by atoms with Crippen LogP contribution in [0.4, 0.5) is 0 Å². The second kappa shape index (κ2) is 8.49. The van der Waals surface area contributed by atoms with E-state index in [-0.39, 0.29) is 19.1 Å². The molecular weight excluding hydrogens is 412 g/mol. The van der Waals surface area contributed by atoms with Crippen molar-refractivity contribution in [3.63, 3.8) is 0 Å². The van der Waals surface area contributed by atoms with Gasteiger partial charge in [-0.2, -0.15) is 0 Å². The Morgan fingerprint density at radius 2 is 1.71 bits per heavy atom. The van der Waals surface area contributed by atoms with Crippen LogP contribution in [-0.2, 0) is 11.2 Å². The highest BCUT2D eigenvalue weighted by Gasteiger charge is 2.48. The molecule has 166 valence electrons. The predicted octanol–water partition coefficient (Wildman–Crippen LogP) is 4.52. The van der Waals surface area contributed by atoms with Gasteiger partial charge in [0.1, 0.15) is 12.2 Å². The zero-order valence-corrected chi connectivity index (χ0v) is 18.5. The van der Waals surface area contributed by atoms with Gasteiger partial charge in [0, 0.05) is 11.4 Å². The van der Waals surface area contributed by atoms with Gasteiger partial charge in [0.2, 0.25) is 0 Å². The molecular formula is C26H31ClO4. The monoisotopic (exact) mass is 442 g/mol. The standard InChI is InChI=1S/C26H31ClO4/c27-21-7-6-18(23-12-22(29)25(30)24(15-28)31-23)11-19(21)10-16-2-4-17(5-3-16)20-13-26(14-20)8-1-9-26/h2-7,11,20,22-25,28-30H,1,8-10,12-15H2/t22?,23-,24?,25-/m0/s1. The van der Waals surface area contributed by atoms with Crippen molar-refractivity contribution in [3.05, 3.63) is 69.7 Å². The van der Waals surface area contributed by atoms with Crippen molar-refractivity contribution in [2.24, 2.45) is 5.41 Å². The first-order valence-electron chi connectivity index (χ1n) is 11.5. The maximum Gasteiger partial charge on any atom is 0.110 e. The molecule has 4 nitrogen and oxygen atoms in total. The molecule has 0 bridgehead atoms. The summed E-state index contributed by atoms with van der Waals surface area (Å²) in [5, 5.41) is 30.3. The van der Waals surface area contributed by atoms with E-state index in [9.17, 15) is 15.3 Å². The molecule has 1 aliphatic heterocycles. The van der Waals surface area contributed by atoms with Crippen LogP contribution in [0.25, 0.3) is 0 Å². The third kappa shape index (κ3) is 4.17. The first kappa shape index (κ1) is 21.4. The minimum Gasteiger partial charge on any atom is -0.394 e. The molecule has 5 heteroatoms. The van der Waals surface area contributed by atoms with Crippen molar-refractivity contribution in [2.45, 2.75) is 75.3 Å². The van der Waals surface area contributed by atoms with E-state index in [1.54, 1.807) is 0 Å². The number of rotatable bonds is 5. The molecule has 2 unspecified atom stereocenters. The molecule has 5 rings (SSSR count). The number of hydrogen-bond acceptors (Lipinski definition) is 4. The molecule has 1 spiro atoms. The van der Waals surface area contributed by atoms with Gasteiger partial charge in [-0.25, -0.2) is 0 Å². The fraction of sp³-hybridized carbons (Fsp3) is 0.538. The highest BCUT2D eigenvalue weighted by molar-refractivity contribution is 6.31. The predicted molar refractivity (Wildman–Crippen MR) is 120 cm³/mol. The molecule has 0 radical (unpaired) electrons. The van der Waals surface area contributed by atoms with E-state index in [4.69, 9.17) is 16.3 Å². The largest absolute Gasteiger partial charge is 0.394 e. The Morgan fingerprint density at radius 3 is 2.35 bits per heavy atom. The van der Waals surface area contributed by atoms with Crippen LogP contribution >= 0.6 is 11.6 Å². The second-order valence-corrected chi connectivity index (χ2v) is 10.3. The highest BCUT2D eigenvalue weighted by Crippen LogP contribution is 2.61. The molecule has 1 heterocycles. The van der Waals surface area contributed by atoms with E-state index >= 15 is 0 Å².